The van der Waals surface area contributed by atoms with Crippen molar-refractivity contribution in [2.45, 2.75) is 25.8 Å². The number of nitrogens with one attached hydrogen (secondary N) is 1. The highest BCUT2D eigenvalue weighted by molar-refractivity contribution is 6.30. The van der Waals surface area contributed by atoms with Gasteiger partial charge in [-0.3, -0.25) is 9.69 Å². The fourth-order valence-electron chi connectivity index (χ4n) is 4.02. The highest BCUT2D eigenvalue weighted by Gasteiger charge is 2.33. The van der Waals surface area contributed by atoms with E-state index in [0.717, 1.165) is 57.1 Å². The van der Waals surface area contributed by atoms with E-state index in [1.807, 2.05) is 36.1 Å². The van der Waals surface area contributed by atoms with Gasteiger partial charge < -0.3 is 10.2 Å². The zero-order chi connectivity index (χ0) is 18.8. The number of hydrogen-bond donors (Lipinski definition) is 1. The molecule has 1 aromatic carbocycles. The number of benzene rings is 1. The van der Waals surface area contributed by atoms with Crippen molar-refractivity contribution >= 4 is 17.5 Å². The third kappa shape index (κ3) is 3.72. The Balaban J connectivity index is 1.52. The van der Waals surface area contributed by atoms with Gasteiger partial charge >= 0.3 is 0 Å². The van der Waals surface area contributed by atoms with E-state index in [1.54, 1.807) is 4.68 Å². The summed E-state index contributed by atoms with van der Waals surface area (Å²) < 4.78 is 1.73. The summed E-state index contributed by atoms with van der Waals surface area (Å²) in [6, 6.07) is 7.90. The number of amides is 1. The summed E-state index contributed by atoms with van der Waals surface area (Å²) in [5.41, 5.74) is 2.11. The molecular weight excluding hydrogens is 364 g/mol. The van der Waals surface area contributed by atoms with Gasteiger partial charge in [0.2, 0.25) is 0 Å². The molecule has 2 aliphatic rings. The Morgan fingerprint density at radius 1 is 1.30 bits per heavy atom. The molecule has 7 nitrogen and oxygen atoms in total. The van der Waals surface area contributed by atoms with Crippen molar-refractivity contribution in [3.63, 3.8) is 0 Å². The molecule has 2 aromatic rings. The van der Waals surface area contributed by atoms with E-state index in [-0.39, 0.29) is 5.91 Å². The number of aromatic nitrogens is 3. The number of nitrogens with zero attached hydrogens (tertiary/aromatic N) is 5. The lowest BCUT2D eigenvalue weighted by Gasteiger charge is -2.32. The number of halogens is 1. The average molecular weight is 389 g/mol. The van der Waals surface area contributed by atoms with Crippen molar-refractivity contribution in [2.24, 2.45) is 0 Å². The van der Waals surface area contributed by atoms with Crippen LogP contribution in [0.3, 0.4) is 0 Å². The number of hydrogen-bond acceptors (Lipinski definition) is 5. The molecule has 1 N–H and O–H groups in total. The predicted molar refractivity (Wildman–Crippen MR) is 104 cm³/mol. The summed E-state index contributed by atoms with van der Waals surface area (Å²) in [5.74, 6) is -0.0160. The van der Waals surface area contributed by atoms with Crippen LogP contribution in [-0.2, 0) is 6.42 Å². The molecule has 1 atom stereocenters. The van der Waals surface area contributed by atoms with Crippen LogP contribution in [0.2, 0.25) is 5.02 Å². The van der Waals surface area contributed by atoms with Crippen LogP contribution in [0.15, 0.2) is 24.3 Å². The quantitative estimate of drug-likeness (QED) is 0.861. The lowest BCUT2D eigenvalue weighted by Crippen LogP contribution is -2.49. The molecule has 2 saturated heterocycles. The maximum Gasteiger partial charge on any atom is 0.276 e. The molecule has 8 heteroatoms. The molecule has 3 heterocycles. The number of likely N-dealkylation sites (tertiary alicyclic amines) is 1. The lowest BCUT2D eigenvalue weighted by molar-refractivity contribution is 0.0766. The largest absolute Gasteiger partial charge is 0.336 e. The normalized spacial score (nSPS) is 21.0. The number of carbonyl (C=O) groups is 1. The first-order valence-corrected chi connectivity index (χ1v) is 9.99. The molecule has 27 heavy (non-hydrogen) atoms. The van der Waals surface area contributed by atoms with Crippen LogP contribution >= 0.6 is 11.6 Å². The Hall–Kier alpha value is -1.96. The van der Waals surface area contributed by atoms with Crippen LogP contribution in [0.5, 0.6) is 0 Å². The highest BCUT2D eigenvalue weighted by Crippen LogP contribution is 2.22. The molecule has 0 aliphatic carbocycles. The molecule has 144 valence electrons. The number of carbonyl (C=O) groups excluding carboxylic acids is 1. The minimum atomic E-state index is -0.0160. The molecule has 2 fully saturated rings. The Kier molecular flexibility index (Phi) is 5.43. The second kappa shape index (κ2) is 7.96. The van der Waals surface area contributed by atoms with Crippen molar-refractivity contribution < 1.29 is 4.79 Å². The predicted octanol–water partition coefficient (Wildman–Crippen LogP) is 1.60. The Morgan fingerprint density at radius 2 is 2.11 bits per heavy atom. The van der Waals surface area contributed by atoms with E-state index in [9.17, 15) is 4.79 Å². The van der Waals surface area contributed by atoms with Gasteiger partial charge in [0.1, 0.15) is 0 Å². The summed E-state index contributed by atoms with van der Waals surface area (Å²) in [4.78, 5) is 17.5. The molecule has 0 saturated carbocycles. The molecule has 0 bridgehead atoms. The van der Waals surface area contributed by atoms with Gasteiger partial charge in [0.25, 0.3) is 5.91 Å². The van der Waals surface area contributed by atoms with E-state index in [2.05, 4.69) is 20.5 Å². The molecule has 1 amide bonds. The molecule has 1 unspecified atom stereocenters. The van der Waals surface area contributed by atoms with E-state index in [4.69, 9.17) is 11.6 Å². The van der Waals surface area contributed by atoms with E-state index < -0.39 is 0 Å². The zero-order valence-corrected chi connectivity index (χ0v) is 16.3. The lowest BCUT2D eigenvalue weighted by atomic mass is 10.2. The topological polar surface area (TPSA) is 66.3 Å². The van der Waals surface area contributed by atoms with E-state index in [1.165, 1.54) is 0 Å². The van der Waals surface area contributed by atoms with Crippen LogP contribution in [0.25, 0.3) is 5.69 Å². The maximum absolute atomic E-state index is 13.1. The first kappa shape index (κ1) is 18.4. The third-order valence-electron chi connectivity index (χ3n) is 5.47. The first-order valence-electron chi connectivity index (χ1n) is 9.62. The molecule has 0 spiro atoms. The Morgan fingerprint density at radius 3 is 2.85 bits per heavy atom. The van der Waals surface area contributed by atoms with Crippen LogP contribution in [0, 0.1) is 0 Å². The summed E-state index contributed by atoms with van der Waals surface area (Å²) in [7, 11) is 0. The second-order valence-corrected chi connectivity index (χ2v) is 7.55. The first-order chi connectivity index (χ1) is 13.2. The minimum Gasteiger partial charge on any atom is -0.336 e. The zero-order valence-electron chi connectivity index (χ0n) is 15.6. The summed E-state index contributed by atoms with van der Waals surface area (Å²) >= 11 is 6.11. The van der Waals surface area contributed by atoms with E-state index in [0.29, 0.717) is 23.2 Å². The molecule has 1 aromatic heterocycles. The Labute approximate surface area is 164 Å². The van der Waals surface area contributed by atoms with Crippen molar-refractivity contribution in [1.29, 1.82) is 0 Å². The van der Waals surface area contributed by atoms with Crippen molar-refractivity contribution in [3.8, 4) is 5.69 Å². The van der Waals surface area contributed by atoms with Gasteiger partial charge in [0.05, 0.1) is 11.4 Å². The van der Waals surface area contributed by atoms with Crippen LogP contribution in [0.1, 0.15) is 29.5 Å². The standard InChI is InChI=1S/C19H25ClN6O/c1-2-17-18(22-23-26(17)15-5-3-4-14(20)12-15)19(27)25-9-6-16(13-25)24-10-7-21-8-11-24/h3-5,12,16,21H,2,6-11,13H2,1H3. The highest BCUT2D eigenvalue weighted by atomic mass is 35.5. The van der Waals surface area contributed by atoms with Gasteiger partial charge in [0, 0.05) is 50.3 Å². The van der Waals surface area contributed by atoms with Crippen molar-refractivity contribution in [2.75, 3.05) is 39.3 Å². The van der Waals surface area contributed by atoms with Crippen LogP contribution < -0.4 is 5.32 Å². The fourth-order valence-corrected chi connectivity index (χ4v) is 4.21. The minimum absolute atomic E-state index is 0.0160. The van der Waals surface area contributed by atoms with Crippen LogP contribution in [-0.4, -0.2) is 76.0 Å². The van der Waals surface area contributed by atoms with Gasteiger partial charge in [-0.1, -0.05) is 29.8 Å². The summed E-state index contributed by atoms with van der Waals surface area (Å²) in [6.45, 7) is 7.73. The van der Waals surface area contributed by atoms with Gasteiger partial charge in [-0.2, -0.15) is 0 Å². The Bertz CT molecular complexity index is 816. The van der Waals surface area contributed by atoms with Gasteiger partial charge in [-0.15, -0.1) is 5.10 Å². The summed E-state index contributed by atoms with van der Waals surface area (Å²) in [6.07, 6.45) is 1.70. The maximum atomic E-state index is 13.1. The number of piperazine rings is 1. The van der Waals surface area contributed by atoms with Gasteiger partial charge in [-0.25, -0.2) is 4.68 Å². The smallest absolute Gasteiger partial charge is 0.276 e. The molecule has 0 radical (unpaired) electrons. The fraction of sp³-hybridized carbons (Fsp3) is 0.526. The third-order valence-corrected chi connectivity index (χ3v) is 5.71. The molecule has 2 aliphatic heterocycles. The summed E-state index contributed by atoms with van der Waals surface area (Å²) in [5, 5.41) is 12.5. The number of rotatable bonds is 4. The van der Waals surface area contributed by atoms with Gasteiger partial charge in [0.15, 0.2) is 5.69 Å². The average Bonchev–Trinajstić information content (AvgIpc) is 3.35. The SMILES string of the molecule is CCc1c(C(=O)N2CCC(N3CCNCC3)C2)nnn1-c1cccc(Cl)c1. The van der Waals surface area contributed by atoms with Crippen molar-refractivity contribution in [3.05, 3.63) is 40.7 Å². The van der Waals surface area contributed by atoms with Gasteiger partial charge in [-0.05, 0) is 31.0 Å². The van der Waals surface area contributed by atoms with Crippen LogP contribution in [0.4, 0.5) is 0 Å². The second-order valence-electron chi connectivity index (χ2n) is 7.11. The van der Waals surface area contributed by atoms with Crippen molar-refractivity contribution in [1.82, 2.24) is 30.1 Å². The molecular formula is C19H25ClN6O. The monoisotopic (exact) mass is 388 g/mol. The molecule has 4 rings (SSSR count). The van der Waals surface area contributed by atoms with E-state index >= 15 is 0 Å².